The minimum absolute atomic E-state index is 0.607. The standard InChI is InChI=1S/C13H13Cl2N3/c1-16-6-9-7-17-13(18-8-9)4-10-2-3-11(14)5-12(10)15/h2-3,5,7-8,16H,4,6H2,1H3. The summed E-state index contributed by atoms with van der Waals surface area (Å²) in [5.41, 5.74) is 2.03. The van der Waals surface area contributed by atoms with E-state index in [1.165, 1.54) is 0 Å². The fourth-order valence-corrected chi connectivity index (χ4v) is 2.08. The molecule has 0 radical (unpaired) electrons. The van der Waals surface area contributed by atoms with Crippen LogP contribution in [0.5, 0.6) is 0 Å². The molecule has 18 heavy (non-hydrogen) atoms. The summed E-state index contributed by atoms with van der Waals surface area (Å²) in [7, 11) is 1.89. The first-order valence-electron chi connectivity index (χ1n) is 5.57. The van der Waals surface area contributed by atoms with Crippen LogP contribution in [0.4, 0.5) is 0 Å². The number of nitrogens with zero attached hydrogens (tertiary/aromatic N) is 2. The molecule has 0 aliphatic carbocycles. The molecular weight excluding hydrogens is 269 g/mol. The highest BCUT2D eigenvalue weighted by Gasteiger charge is 2.05. The van der Waals surface area contributed by atoms with Crippen molar-refractivity contribution in [3.63, 3.8) is 0 Å². The molecule has 94 valence electrons. The molecule has 2 rings (SSSR count). The molecule has 5 heteroatoms. The summed E-state index contributed by atoms with van der Waals surface area (Å²) in [5, 5.41) is 4.33. The lowest BCUT2D eigenvalue weighted by molar-refractivity contribution is 0.798. The summed E-state index contributed by atoms with van der Waals surface area (Å²) < 4.78 is 0. The van der Waals surface area contributed by atoms with E-state index < -0.39 is 0 Å². The number of benzene rings is 1. The quantitative estimate of drug-likeness (QED) is 0.936. The molecule has 0 amide bonds. The average Bonchev–Trinajstić information content (AvgIpc) is 2.35. The summed E-state index contributed by atoms with van der Waals surface area (Å²) in [6, 6.07) is 5.45. The first-order chi connectivity index (χ1) is 8.69. The van der Waals surface area contributed by atoms with Crippen LogP contribution in [0.2, 0.25) is 10.0 Å². The molecule has 0 unspecified atom stereocenters. The van der Waals surface area contributed by atoms with Crippen molar-refractivity contribution in [2.45, 2.75) is 13.0 Å². The van der Waals surface area contributed by atoms with Gasteiger partial charge in [0.1, 0.15) is 5.82 Å². The van der Waals surface area contributed by atoms with Gasteiger partial charge >= 0.3 is 0 Å². The van der Waals surface area contributed by atoms with Crippen LogP contribution >= 0.6 is 23.2 Å². The Kier molecular flexibility index (Phi) is 4.53. The molecule has 0 aliphatic heterocycles. The fraction of sp³-hybridized carbons (Fsp3) is 0.231. The van der Waals surface area contributed by atoms with Gasteiger partial charge in [0.15, 0.2) is 0 Å². The molecule has 0 saturated carbocycles. The lowest BCUT2D eigenvalue weighted by Gasteiger charge is -2.05. The molecule has 2 aromatic rings. The Labute approximate surface area is 116 Å². The maximum atomic E-state index is 6.11. The molecule has 3 nitrogen and oxygen atoms in total. The Morgan fingerprint density at radius 2 is 1.89 bits per heavy atom. The van der Waals surface area contributed by atoms with Crippen LogP contribution < -0.4 is 5.32 Å². The number of hydrogen-bond donors (Lipinski definition) is 1. The van der Waals surface area contributed by atoms with Gasteiger partial charge in [-0.1, -0.05) is 29.3 Å². The molecule has 1 aromatic heterocycles. The Balaban J connectivity index is 2.13. The van der Waals surface area contributed by atoms with Crippen molar-refractivity contribution in [2.24, 2.45) is 0 Å². The van der Waals surface area contributed by atoms with E-state index >= 15 is 0 Å². The molecule has 1 heterocycles. The van der Waals surface area contributed by atoms with Crippen molar-refractivity contribution in [1.29, 1.82) is 0 Å². The smallest absolute Gasteiger partial charge is 0.132 e. The van der Waals surface area contributed by atoms with Crippen LogP contribution in [0.15, 0.2) is 30.6 Å². The first-order valence-corrected chi connectivity index (χ1v) is 6.33. The monoisotopic (exact) mass is 281 g/mol. The largest absolute Gasteiger partial charge is 0.316 e. The lowest BCUT2D eigenvalue weighted by Crippen LogP contribution is -2.07. The molecule has 0 fully saturated rings. The maximum absolute atomic E-state index is 6.11. The number of rotatable bonds is 4. The highest BCUT2D eigenvalue weighted by molar-refractivity contribution is 6.35. The van der Waals surface area contributed by atoms with Gasteiger partial charge in [0.05, 0.1) is 0 Å². The second kappa shape index (κ2) is 6.14. The van der Waals surface area contributed by atoms with Gasteiger partial charge < -0.3 is 5.32 Å². The minimum atomic E-state index is 0.607. The van der Waals surface area contributed by atoms with E-state index in [0.29, 0.717) is 16.5 Å². The highest BCUT2D eigenvalue weighted by atomic mass is 35.5. The predicted molar refractivity (Wildman–Crippen MR) is 74.1 cm³/mol. The first kappa shape index (κ1) is 13.3. The Bertz CT molecular complexity index is 526. The SMILES string of the molecule is CNCc1cnc(Cc2ccc(Cl)cc2Cl)nc1. The van der Waals surface area contributed by atoms with E-state index in [4.69, 9.17) is 23.2 Å². The minimum Gasteiger partial charge on any atom is -0.316 e. The summed E-state index contributed by atoms with van der Waals surface area (Å²) in [6.07, 6.45) is 4.25. The third-order valence-electron chi connectivity index (χ3n) is 2.50. The van der Waals surface area contributed by atoms with Crippen molar-refractivity contribution in [3.8, 4) is 0 Å². The van der Waals surface area contributed by atoms with Crippen LogP contribution in [-0.4, -0.2) is 17.0 Å². The Hall–Kier alpha value is -1.16. The number of hydrogen-bond acceptors (Lipinski definition) is 3. The van der Waals surface area contributed by atoms with E-state index in [2.05, 4.69) is 15.3 Å². The van der Waals surface area contributed by atoms with Gasteiger partial charge in [0.25, 0.3) is 0 Å². The lowest BCUT2D eigenvalue weighted by atomic mass is 10.1. The van der Waals surface area contributed by atoms with Crippen molar-refractivity contribution in [2.75, 3.05) is 7.05 Å². The summed E-state index contributed by atoms with van der Waals surface area (Å²) in [6.45, 7) is 0.766. The molecule has 0 atom stereocenters. The second-order valence-electron chi connectivity index (χ2n) is 3.95. The molecule has 0 spiro atoms. The summed E-state index contributed by atoms with van der Waals surface area (Å²) in [4.78, 5) is 8.63. The average molecular weight is 282 g/mol. The zero-order chi connectivity index (χ0) is 13.0. The number of halogens is 2. The normalized spacial score (nSPS) is 10.6. The van der Waals surface area contributed by atoms with E-state index in [-0.39, 0.29) is 0 Å². The van der Waals surface area contributed by atoms with Gasteiger partial charge in [-0.25, -0.2) is 9.97 Å². The third kappa shape index (κ3) is 3.42. The van der Waals surface area contributed by atoms with Crippen LogP contribution in [0.1, 0.15) is 17.0 Å². The van der Waals surface area contributed by atoms with Crippen LogP contribution in [-0.2, 0) is 13.0 Å². The molecule has 0 aliphatic rings. The Morgan fingerprint density at radius 1 is 1.17 bits per heavy atom. The van der Waals surface area contributed by atoms with Crippen molar-refractivity contribution in [3.05, 3.63) is 57.6 Å². The van der Waals surface area contributed by atoms with E-state index in [1.54, 1.807) is 6.07 Å². The van der Waals surface area contributed by atoms with Gasteiger partial charge in [-0.3, -0.25) is 0 Å². The highest BCUT2D eigenvalue weighted by Crippen LogP contribution is 2.22. The zero-order valence-corrected chi connectivity index (χ0v) is 11.5. The summed E-state index contributed by atoms with van der Waals surface area (Å²) >= 11 is 12.0. The van der Waals surface area contributed by atoms with Crippen LogP contribution in [0.25, 0.3) is 0 Å². The van der Waals surface area contributed by atoms with Gasteiger partial charge in [-0.15, -0.1) is 0 Å². The molecular formula is C13H13Cl2N3. The molecule has 0 saturated heterocycles. The van der Waals surface area contributed by atoms with Gasteiger partial charge in [0.2, 0.25) is 0 Å². The summed E-state index contributed by atoms with van der Waals surface area (Å²) in [5.74, 6) is 0.749. The maximum Gasteiger partial charge on any atom is 0.132 e. The zero-order valence-electron chi connectivity index (χ0n) is 9.95. The van der Waals surface area contributed by atoms with Gasteiger partial charge in [-0.2, -0.15) is 0 Å². The van der Waals surface area contributed by atoms with Crippen molar-refractivity contribution >= 4 is 23.2 Å². The van der Waals surface area contributed by atoms with E-state index in [0.717, 1.165) is 23.5 Å². The van der Waals surface area contributed by atoms with Gasteiger partial charge in [-0.05, 0) is 24.7 Å². The second-order valence-corrected chi connectivity index (χ2v) is 4.79. The van der Waals surface area contributed by atoms with Crippen LogP contribution in [0.3, 0.4) is 0 Å². The van der Waals surface area contributed by atoms with Gasteiger partial charge in [0, 0.05) is 41.0 Å². The molecule has 0 bridgehead atoms. The molecule has 1 aromatic carbocycles. The van der Waals surface area contributed by atoms with E-state index in [9.17, 15) is 0 Å². The van der Waals surface area contributed by atoms with Crippen LogP contribution in [0, 0.1) is 0 Å². The van der Waals surface area contributed by atoms with Crippen molar-refractivity contribution in [1.82, 2.24) is 15.3 Å². The van der Waals surface area contributed by atoms with E-state index in [1.807, 2.05) is 31.6 Å². The third-order valence-corrected chi connectivity index (χ3v) is 3.09. The molecule has 1 N–H and O–H groups in total. The van der Waals surface area contributed by atoms with Crippen molar-refractivity contribution < 1.29 is 0 Å². The fourth-order valence-electron chi connectivity index (χ4n) is 1.60. The number of aromatic nitrogens is 2. The topological polar surface area (TPSA) is 37.8 Å². The number of nitrogens with one attached hydrogen (secondary N) is 1. The predicted octanol–water partition coefficient (Wildman–Crippen LogP) is 3.09. The Morgan fingerprint density at radius 3 is 2.50 bits per heavy atom.